The van der Waals surface area contributed by atoms with E-state index < -0.39 is 11.9 Å². The van der Waals surface area contributed by atoms with Crippen molar-refractivity contribution in [1.82, 2.24) is 0 Å². The molecule has 1 aromatic rings. The van der Waals surface area contributed by atoms with Gasteiger partial charge in [-0.25, -0.2) is 9.59 Å². The van der Waals surface area contributed by atoms with E-state index in [1.54, 1.807) is 21.1 Å². The number of carbonyl (C=O) groups excluding carboxylic acids is 2. The summed E-state index contributed by atoms with van der Waals surface area (Å²) in [6, 6.07) is 0. The molecule has 96 valence electrons. The highest BCUT2D eigenvalue weighted by atomic mass is 32.1. The van der Waals surface area contributed by atoms with E-state index in [2.05, 4.69) is 20.7 Å². The number of thiophene rings is 1. The van der Waals surface area contributed by atoms with Crippen LogP contribution in [0.15, 0.2) is 6.08 Å². The number of nitrogens with one attached hydrogen (secondary N) is 3. The monoisotopic (exact) mass is 267 g/mol. The predicted molar refractivity (Wildman–Crippen MR) is 72.0 cm³/mol. The number of cyclic esters (lactones) is 2. The molecular weight excluding hydrogens is 254 g/mol. The molecule has 0 amide bonds. The molecule has 1 aromatic heterocycles. The molecule has 0 aliphatic carbocycles. The first kappa shape index (κ1) is 12.4. The predicted octanol–water partition coefficient (Wildman–Crippen LogP) is 1.34. The van der Waals surface area contributed by atoms with Crippen molar-refractivity contribution in [1.29, 1.82) is 0 Å². The van der Waals surface area contributed by atoms with Gasteiger partial charge in [0.15, 0.2) is 0 Å². The fourth-order valence-corrected chi connectivity index (χ4v) is 2.83. The van der Waals surface area contributed by atoms with Gasteiger partial charge in [0.2, 0.25) is 0 Å². The molecule has 0 unspecified atom stereocenters. The summed E-state index contributed by atoms with van der Waals surface area (Å²) in [5.74, 6) is -1.25. The maximum atomic E-state index is 11.6. The maximum Gasteiger partial charge on any atom is 0.347 e. The van der Waals surface area contributed by atoms with Crippen LogP contribution in [-0.4, -0.2) is 33.1 Å². The largest absolute Gasteiger partial charge is 0.386 e. The number of ether oxygens (including phenoxy) is 1. The molecule has 0 saturated heterocycles. The SMILES string of the molecule is CNc1sc(NC)c(C2=CC(=O)OC2=O)c1NC. The lowest BCUT2D eigenvalue weighted by Gasteiger charge is -2.06. The minimum atomic E-state index is -0.628. The Labute approximate surface area is 108 Å². The Hall–Kier alpha value is -2.02. The van der Waals surface area contributed by atoms with E-state index in [1.807, 2.05) is 0 Å². The van der Waals surface area contributed by atoms with Gasteiger partial charge in [0.05, 0.1) is 11.3 Å². The van der Waals surface area contributed by atoms with Crippen molar-refractivity contribution >= 4 is 44.5 Å². The van der Waals surface area contributed by atoms with Crippen LogP contribution in [0, 0.1) is 0 Å². The molecule has 3 N–H and O–H groups in total. The quantitative estimate of drug-likeness (QED) is 0.564. The topological polar surface area (TPSA) is 79.5 Å². The highest BCUT2D eigenvalue weighted by molar-refractivity contribution is 7.21. The fourth-order valence-electron chi connectivity index (χ4n) is 1.81. The van der Waals surface area contributed by atoms with Crippen LogP contribution in [0.4, 0.5) is 15.7 Å². The maximum absolute atomic E-state index is 11.6. The molecule has 18 heavy (non-hydrogen) atoms. The number of carbonyl (C=O) groups is 2. The average molecular weight is 267 g/mol. The fraction of sp³-hybridized carbons (Fsp3) is 0.273. The van der Waals surface area contributed by atoms with Crippen molar-refractivity contribution in [2.24, 2.45) is 0 Å². The summed E-state index contributed by atoms with van der Waals surface area (Å²) >= 11 is 1.46. The summed E-state index contributed by atoms with van der Waals surface area (Å²) < 4.78 is 4.53. The van der Waals surface area contributed by atoms with Gasteiger partial charge >= 0.3 is 11.9 Å². The van der Waals surface area contributed by atoms with Gasteiger partial charge in [-0.3, -0.25) is 0 Å². The zero-order valence-electron chi connectivity index (χ0n) is 10.2. The first-order chi connectivity index (χ1) is 8.62. The molecule has 2 rings (SSSR count). The van der Waals surface area contributed by atoms with Crippen LogP contribution in [0.1, 0.15) is 5.56 Å². The molecular formula is C11H13N3O3S. The van der Waals surface area contributed by atoms with Crippen LogP contribution in [-0.2, 0) is 14.3 Å². The van der Waals surface area contributed by atoms with Gasteiger partial charge in [-0.1, -0.05) is 11.3 Å². The minimum absolute atomic E-state index is 0.270. The molecule has 7 heteroatoms. The van der Waals surface area contributed by atoms with E-state index in [1.165, 1.54) is 17.4 Å². The van der Waals surface area contributed by atoms with Gasteiger partial charge in [-0.05, 0) is 0 Å². The number of anilines is 3. The van der Waals surface area contributed by atoms with Crippen LogP contribution < -0.4 is 16.0 Å². The smallest absolute Gasteiger partial charge is 0.347 e. The highest BCUT2D eigenvalue weighted by Crippen LogP contribution is 2.46. The lowest BCUT2D eigenvalue weighted by Crippen LogP contribution is -2.04. The summed E-state index contributed by atoms with van der Waals surface area (Å²) in [6.07, 6.45) is 1.21. The normalized spacial score (nSPS) is 14.3. The molecule has 0 bridgehead atoms. The zero-order valence-corrected chi connectivity index (χ0v) is 11.0. The molecule has 0 spiro atoms. The van der Waals surface area contributed by atoms with Crippen molar-refractivity contribution in [2.45, 2.75) is 0 Å². The van der Waals surface area contributed by atoms with E-state index >= 15 is 0 Å². The molecule has 1 aliphatic rings. The first-order valence-corrected chi connectivity index (χ1v) is 6.12. The van der Waals surface area contributed by atoms with Gasteiger partial charge in [0, 0.05) is 32.8 Å². The third-order valence-electron chi connectivity index (χ3n) is 2.56. The van der Waals surface area contributed by atoms with Crippen LogP contribution in [0.3, 0.4) is 0 Å². The van der Waals surface area contributed by atoms with Crippen LogP contribution in [0.25, 0.3) is 5.57 Å². The van der Waals surface area contributed by atoms with Gasteiger partial charge in [0.25, 0.3) is 0 Å². The number of rotatable bonds is 4. The molecule has 0 aromatic carbocycles. The Morgan fingerprint density at radius 2 is 1.72 bits per heavy atom. The Kier molecular flexibility index (Phi) is 3.24. The van der Waals surface area contributed by atoms with E-state index in [0.717, 1.165) is 15.7 Å². The number of hydrogen-bond donors (Lipinski definition) is 3. The standard InChI is InChI=1S/C11H13N3O3S/c1-12-8-7(5-4-6(15)17-11(5)16)9(13-2)18-10(8)14-3/h4,12-14H,1-3H3. The number of esters is 2. The number of hydrogen-bond acceptors (Lipinski definition) is 7. The lowest BCUT2D eigenvalue weighted by atomic mass is 10.1. The molecule has 0 radical (unpaired) electrons. The molecule has 1 aliphatic heterocycles. The van der Waals surface area contributed by atoms with Crippen molar-refractivity contribution in [3.05, 3.63) is 11.6 Å². The summed E-state index contributed by atoms with van der Waals surface area (Å²) in [5.41, 5.74) is 1.70. The lowest BCUT2D eigenvalue weighted by molar-refractivity contribution is -0.149. The third-order valence-corrected chi connectivity index (χ3v) is 3.78. The van der Waals surface area contributed by atoms with Crippen LogP contribution in [0.2, 0.25) is 0 Å². The Morgan fingerprint density at radius 1 is 1.06 bits per heavy atom. The van der Waals surface area contributed by atoms with Crippen molar-refractivity contribution in [3.8, 4) is 0 Å². The molecule has 0 saturated carbocycles. The Morgan fingerprint density at radius 3 is 2.17 bits per heavy atom. The second-order valence-corrected chi connectivity index (χ2v) is 4.55. The Bertz CT molecular complexity index is 548. The second kappa shape index (κ2) is 4.69. The third kappa shape index (κ3) is 1.82. The first-order valence-electron chi connectivity index (χ1n) is 5.30. The summed E-state index contributed by atoms with van der Waals surface area (Å²) in [7, 11) is 5.31. The highest BCUT2D eigenvalue weighted by Gasteiger charge is 2.31. The van der Waals surface area contributed by atoms with E-state index in [0.29, 0.717) is 5.56 Å². The summed E-state index contributed by atoms with van der Waals surface area (Å²) in [4.78, 5) is 22.8. The van der Waals surface area contributed by atoms with E-state index in [-0.39, 0.29) is 5.57 Å². The van der Waals surface area contributed by atoms with Crippen LogP contribution in [0.5, 0.6) is 0 Å². The van der Waals surface area contributed by atoms with E-state index in [9.17, 15) is 9.59 Å². The van der Waals surface area contributed by atoms with E-state index in [4.69, 9.17) is 0 Å². The molecule has 0 atom stereocenters. The Balaban J connectivity index is 2.62. The van der Waals surface area contributed by atoms with Crippen molar-refractivity contribution in [2.75, 3.05) is 37.1 Å². The molecule has 6 nitrogen and oxygen atoms in total. The van der Waals surface area contributed by atoms with Crippen molar-refractivity contribution in [3.63, 3.8) is 0 Å². The summed E-state index contributed by atoms with van der Waals surface area (Å²) in [5, 5.41) is 10.8. The van der Waals surface area contributed by atoms with Gasteiger partial charge in [-0.2, -0.15) is 0 Å². The zero-order chi connectivity index (χ0) is 13.3. The van der Waals surface area contributed by atoms with Crippen molar-refractivity contribution < 1.29 is 14.3 Å². The van der Waals surface area contributed by atoms with Gasteiger partial charge in [-0.15, -0.1) is 0 Å². The minimum Gasteiger partial charge on any atom is -0.386 e. The van der Waals surface area contributed by atoms with Crippen LogP contribution >= 0.6 is 11.3 Å². The van der Waals surface area contributed by atoms with Gasteiger partial charge in [0.1, 0.15) is 10.0 Å². The second-order valence-electron chi connectivity index (χ2n) is 3.53. The molecule has 2 heterocycles. The average Bonchev–Trinajstić information content (AvgIpc) is 2.87. The van der Waals surface area contributed by atoms with Gasteiger partial charge < -0.3 is 20.7 Å². The molecule has 0 fully saturated rings. The summed E-state index contributed by atoms with van der Waals surface area (Å²) in [6.45, 7) is 0.